The molecule has 0 aromatic rings. The molecule has 156 valence electrons. The molecule has 1 heterocycles. The van der Waals surface area contributed by atoms with Crippen LogP contribution in [0.5, 0.6) is 0 Å². The van der Waals surface area contributed by atoms with Gasteiger partial charge in [0.15, 0.2) is 5.78 Å². The first-order chi connectivity index (χ1) is 13.3. The number of ketones is 1. The van der Waals surface area contributed by atoms with Gasteiger partial charge in [0.2, 0.25) is 0 Å². The minimum absolute atomic E-state index is 0.0363. The van der Waals surface area contributed by atoms with Gasteiger partial charge in [-0.2, -0.15) is 0 Å². The highest BCUT2D eigenvalue weighted by molar-refractivity contribution is 6.09. The zero-order valence-corrected chi connectivity index (χ0v) is 18.0. The van der Waals surface area contributed by atoms with E-state index >= 15 is 0 Å². The number of rotatable bonds is 7. The molecule has 2 atom stereocenters. The van der Waals surface area contributed by atoms with Gasteiger partial charge in [-0.3, -0.25) is 14.5 Å². The molecular weight excluding hydrogens is 352 g/mol. The molecule has 1 saturated heterocycles. The van der Waals surface area contributed by atoms with Crippen LogP contribution in [0.1, 0.15) is 78.6 Å². The number of urea groups is 1. The molecule has 4 bridgehead atoms. The molecule has 0 N–H and O–H groups in total. The SMILES string of the molecule is CCCC(CC)C(=O)CN1C(=O)N(C)C(C)(C23CC4C[C@H](C2)C[C@@H](C4)C3)C1=O. The molecule has 4 aliphatic carbocycles. The van der Waals surface area contributed by atoms with Gasteiger partial charge in [-0.1, -0.05) is 20.3 Å². The molecule has 5 rings (SSSR count). The molecule has 2 unspecified atom stereocenters. The number of carbonyl (C=O) groups is 3. The lowest BCUT2D eigenvalue weighted by Crippen LogP contribution is -2.64. The van der Waals surface area contributed by atoms with Crippen LogP contribution in [0.25, 0.3) is 0 Å². The fourth-order valence-electron chi connectivity index (χ4n) is 7.52. The van der Waals surface area contributed by atoms with Gasteiger partial charge in [0.05, 0.1) is 6.54 Å². The Labute approximate surface area is 169 Å². The van der Waals surface area contributed by atoms with Gasteiger partial charge in [-0.25, -0.2) is 4.79 Å². The standard InChI is InChI=1S/C23H36N2O3/c1-5-7-18(6-2)19(26)14-25-20(27)22(3,24(4)21(25)28)23-11-15-8-16(12-23)10-17(9-15)13-23/h15-18H,5-14H2,1-4H3/t15-,16+,17?,18?,22?,23?. The summed E-state index contributed by atoms with van der Waals surface area (Å²) < 4.78 is 0. The third kappa shape index (κ3) is 2.68. The number of hydrogen-bond donors (Lipinski definition) is 0. The summed E-state index contributed by atoms with van der Waals surface area (Å²) in [4.78, 5) is 42.6. The molecule has 28 heavy (non-hydrogen) atoms. The summed E-state index contributed by atoms with van der Waals surface area (Å²) >= 11 is 0. The predicted octanol–water partition coefficient (Wildman–Crippen LogP) is 4.25. The molecule has 3 amide bonds. The minimum Gasteiger partial charge on any atom is -0.312 e. The maximum atomic E-state index is 13.7. The first kappa shape index (κ1) is 19.9. The van der Waals surface area contributed by atoms with E-state index in [1.807, 2.05) is 13.8 Å². The summed E-state index contributed by atoms with van der Waals surface area (Å²) in [5.74, 6) is 2.00. The topological polar surface area (TPSA) is 57.7 Å². The maximum absolute atomic E-state index is 13.7. The third-order valence-electron chi connectivity index (χ3n) is 8.82. The Balaban J connectivity index is 1.60. The first-order valence-corrected chi connectivity index (χ1v) is 11.4. The number of Topliss-reactive ketones (excluding diaryl/α,β-unsaturated/α-hetero) is 1. The van der Waals surface area contributed by atoms with Crippen LogP contribution in [0.2, 0.25) is 0 Å². The lowest BCUT2D eigenvalue weighted by Gasteiger charge is -2.62. The zero-order chi connectivity index (χ0) is 20.3. The van der Waals surface area contributed by atoms with E-state index in [9.17, 15) is 14.4 Å². The van der Waals surface area contributed by atoms with Crippen molar-refractivity contribution in [2.45, 2.75) is 84.1 Å². The molecule has 5 fully saturated rings. The van der Waals surface area contributed by atoms with Gasteiger partial charge in [-0.15, -0.1) is 0 Å². The second kappa shape index (κ2) is 6.84. The van der Waals surface area contributed by atoms with Gasteiger partial charge in [0, 0.05) is 18.4 Å². The predicted molar refractivity (Wildman–Crippen MR) is 108 cm³/mol. The van der Waals surface area contributed by atoms with Gasteiger partial charge < -0.3 is 4.90 Å². The quantitative estimate of drug-likeness (QED) is 0.613. The largest absolute Gasteiger partial charge is 0.327 e. The van der Waals surface area contributed by atoms with Crippen molar-refractivity contribution in [2.75, 3.05) is 13.6 Å². The van der Waals surface area contributed by atoms with Crippen LogP contribution < -0.4 is 0 Å². The fraction of sp³-hybridized carbons (Fsp3) is 0.870. The Kier molecular flexibility index (Phi) is 4.86. The van der Waals surface area contributed by atoms with E-state index in [1.54, 1.807) is 11.9 Å². The minimum atomic E-state index is -0.799. The molecule has 0 aromatic carbocycles. The van der Waals surface area contributed by atoms with Crippen LogP contribution in [0.4, 0.5) is 4.79 Å². The van der Waals surface area contributed by atoms with Crippen LogP contribution in [0.15, 0.2) is 0 Å². The van der Waals surface area contributed by atoms with E-state index < -0.39 is 5.54 Å². The molecule has 1 aliphatic heterocycles. The Morgan fingerprint density at radius 1 is 1.07 bits per heavy atom. The second-order valence-electron chi connectivity index (χ2n) is 10.4. The molecule has 5 heteroatoms. The highest BCUT2D eigenvalue weighted by Gasteiger charge is 2.68. The lowest BCUT2D eigenvalue weighted by molar-refractivity contribution is -0.157. The smallest absolute Gasteiger partial charge is 0.312 e. The highest BCUT2D eigenvalue weighted by atomic mass is 16.2. The summed E-state index contributed by atoms with van der Waals surface area (Å²) in [5.41, 5.74) is -0.901. The van der Waals surface area contributed by atoms with E-state index in [0.717, 1.165) is 38.5 Å². The third-order valence-corrected chi connectivity index (χ3v) is 8.82. The van der Waals surface area contributed by atoms with Crippen LogP contribution in [-0.2, 0) is 9.59 Å². The fourth-order valence-corrected chi connectivity index (χ4v) is 7.52. The molecule has 4 saturated carbocycles. The van der Waals surface area contributed by atoms with Crippen molar-refractivity contribution in [1.29, 1.82) is 0 Å². The zero-order valence-electron chi connectivity index (χ0n) is 18.0. The van der Waals surface area contributed by atoms with Crippen molar-refractivity contribution in [3.63, 3.8) is 0 Å². The van der Waals surface area contributed by atoms with Gasteiger partial charge in [0.1, 0.15) is 5.54 Å². The van der Waals surface area contributed by atoms with Gasteiger partial charge >= 0.3 is 6.03 Å². The average Bonchev–Trinajstić information content (AvgIpc) is 2.81. The molecule has 5 aliphatic rings. The summed E-state index contributed by atoms with van der Waals surface area (Å²) in [5, 5.41) is 0. The van der Waals surface area contributed by atoms with Gasteiger partial charge in [0.25, 0.3) is 5.91 Å². The van der Waals surface area contributed by atoms with Crippen molar-refractivity contribution in [1.82, 2.24) is 9.80 Å². The molecule has 0 radical (unpaired) electrons. The maximum Gasteiger partial charge on any atom is 0.327 e. The van der Waals surface area contributed by atoms with Crippen molar-refractivity contribution in [3.8, 4) is 0 Å². The van der Waals surface area contributed by atoms with Crippen molar-refractivity contribution >= 4 is 17.7 Å². The monoisotopic (exact) mass is 388 g/mol. The average molecular weight is 389 g/mol. The highest BCUT2D eigenvalue weighted by Crippen LogP contribution is 2.65. The normalized spacial score (nSPS) is 40.5. The number of imide groups is 1. The number of amides is 3. The Bertz CT molecular complexity index is 652. The number of hydrogen-bond acceptors (Lipinski definition) is 3. The van der Waals surface area contributed by atoms with Crippen LogP contribution in [0, 0.1) is 29.1 Å². The summed E-state index contributed by atoms with van der Waals surface area (Å²) in [6.45, 7) is 6.02. The Hall–Kier alpha value is -1.39. The Morgan fingerprint density at radius 2 is 1.61 bits per heavy atom. The summed E-state index contributed by atoms with van der Waals surface area (Å²) in [6, 6.07) is -0.275. The van der Waals surface area contributed by atoms with E-state index in [1.165, 1.54) is 24.2 Å². The van der Waals surface area contributed by atoms with Crippen LogP contribution in [0.3, 0.4) is 0 Å². The second-order valence-corrected chi connectivity index (χ2v) is 10.4. The summed E-state index contributed by atoms with van der Waals surface area (Å²) in [7, 11) is 1.78. The van der Waals surface area contributed by atoms with Gasteiger partial charge in [-0.05, 0) is 76.0 Å². The molecular formula is C23H36N2O3. The van der Waals surface area contributed by atoms with Crippen LogP contribution >= 0.6 is 0 Å². The van der Waals surface area contributed by atoms with E-state index in [-0.39, 0.29) is 35.6 Å². The number of nitrogens with zero attached hydrogens (tertiary/aromatic N) is 2. The van der Waals surface area contributed by atoms with Crippen molar-refractivity contribution in [2.24, 2.45) is 29.1 Å². The number of carbonyl (C=O) groups excluding carboxylic acids is 3. The van der Waals surface area contributed by atoms with Crippen LogP contribution in [-0.4, -0.2) is 46.7 Å². The summed E-state index contributed by atoms with van der Waals surface area (Å²) in [6.07, 6.45) is 9.64. The molecule has 0 aromatic heterocycles. The van der Waals surface area contributed by atoms with Crippen molar-refractivity contribution < 1.29 is 14.4 Å². The van der Waals surface area contributed by atoms with E-state index in [0.29, 0.717) is 17.8 Å². The van der Waals surface area contributed by atoms with E-state index in [4.69, 9.17) is 0 Å². The Morgan fingerprint density at radius 3 is 2.07 bits per heavy atom. The van der Waals surface area contributed by atoms with E-state index in [2.05, 4.69) is 6.92 Å². The first-order valence-electron chi connectivity index (χ1n) is 11.4. The molecule has 5 nitrogen and oxygen atoms in total. The number of likely N-dealkylation sites (N-methyl/N-ethyl adjacent to an activating group) is 1. The lowest BCUT2D eigenvalue weighted by atomic mass is 9.44. The van der Waals surface area contributed by atoms with Crippen molar-refractivity contribution in [3.05, 3.63) is 0 Å². The molecule has 0 spiro atoms.